The van der Waals surface area contributed by atoms with Gasteiger partial charge in [0.25, 0.3) is 11.5 Å². The summed E-state index contributed by atoms with van der Waals surface area (Å²) in [5, 5.41) is 10.6. The molecule has 3 aromatic heterocycles. The molecule has 0 fully saturated rings. The summed E-state index contributed by atoms with van der Waals surface area (Å²) >= 11 is 1.34. The molecule has 0 saturated heterocycles. The van der Waals surface area contributed by atoms with Gasteiger partial charge in [-0.05, 0) is 38.1 Å². The second kappa shape index (κ2) is 9.15. The summed E-state index contributed by atoms with van der Waals surface area (Å²) in [6, 6.07) is 18.1. The van der Waals surface area contributed by atoms with Crippen LogP contribution in [0.3, 0.4) is 0 Å². The van der Waals surface area contributed by atoms with Crippen molar-refractivity contribution in [1.29, 1.82) is 0 Å². The number of benzene rings is 2. The first-order chi connectivity index (χ1) is 17.0. The number of aryl methyl sites for hydroxylation is 1. The molecular formula is C27H23N5O2S. The predicted octanol–water partition coefficient (Wildman–Crippen LogP) is 5.37. The number of amides is 1. The van der Waals surface area contributed by atoms with Gasteiger partial charge < -0.3 is 4.57 Å². The molecule has 174 valence electrons. The van der Waals surface area contributed by atoms with E-state index in [1.165, 1.54) is 16.0 Å². The second-order valence-electron chi connectivity index (χ2n) is 8.12. The molecule has 2 aromatic carbocycles. The number of fused-ring (bicyclic) bond motifs is 1. The first-order valence-corrected chi connectivity index (χ1v) is 12.0. The van der Waals surface area contributed by atoms with Gasteiger partial charge in [-0.15, -0.1) is 17.9 Å². The van der Waals surface area contributed by atoms with E-state index in [1.54, 1.807) is 36.4 Å². The number of aromatic nitrogens is 4. The van der Waals surface area contributed by atoms with Crippen LogP contribution in [0.5, 0.6) is 0 Å². The largest absolute Gasteiger partial charge is 0.345 e. The molecular weight excluding hydrogens is 458 g/mol. The Hall–Kier alpha value is -4.30. The van der Waals surface area contributed by atoms with Crippen LogP contribution >= 0.6 is 11.3 Å². The summed E-state index contributed by atoms with van der Waals surface area (Å²) < 4.78 is 3.43. The lowest BCUT2D eigenvalue weighted by Gasteiger charge is -2.10. The molecule has 5 rings (SSSR count). The van der Waals surface area contributed by atoms with Crippen molar-refractivity contribution in [3.05, 3.63) is 106 Å². The van der Waals surface area contributed by atoms with Crippen LogP contribution in [0.2, 0.25) is 0 Å². The van der Waals surface area contributed by atoms with E-state index in [4.69, 9.17) is 0 Å². The van der Waals surface area contributed by atoms with Crippen LogP contribution in [-0.4, -0.2) is 25.2 Å². The number of anilines is 1. The molecule has 0 radical (unpaired) electrons. The zero-order valence-electron chi connectivity index (χ0n) is 19.4. The van der Waals surface area contributed by atoms with Crippen molar-refractivity contribution < 1.29 is 4.79 Å². The van der Waals surface area contributed by atoms with E-state index in [2.05, 4.69) is 32.6 Å². The van der Waals surface area contributed by atoms with Gasteiger partial charge in [0.15, 0.2) is 10.8 Å². The highest BCUT2D eigenvalue weighted by molar-refractivity contribution is 7.14. The Morgan fingerprint density at radius 2 is 1.80 bits per heavy atom. The van der Waals surface area contributed by atoms with Gasteiger partial charge in [-0.3, -0.25) is 14.9 Å². The highest BCUT2D eigenvalue weighted by atomic mass is 32.1. The molecule has 7 nitrogen and oxygen atoms in total. The van der Waals surface area contributed by atoms with E-state index in [0.29, 0.717) is 21.6 Å². The number of nitrogens with one attached hydrogen (secondary N) is 1. The highest BCUT2D eigenvalue weighted by Crippen LogP contribution is 2.30. The van der Waals surface area contributed by atoms with Crippen molar-refractivity contribution in [3.8, 4) is 16.9 Å². The van der Waals surface area contributed by atoms with Crippen molar-refractivity contribution in [2.24, 2.45) is 0 Å². The first-order valence-electron chi connectivity index (χ1n) is 11.1. The molecule has 0 spiro atoms. The molecule has 0 aliphatic heterocycles. The Morgan fingerprint density at radius 3 is 2.54 bits per heavy atom. The smallest absolute Gasteiger partial charge is 0.279 e. The minimum absolute atomic E-state index is 0.157. The molecule has 0 bridgehead atoms. The lowest BCUT2D eigenvalue weighted by atomic mass is 10.1. The molecule has 35 heavy (non-hydrogen) atoms. The molecule has 0 saturated carbocycles. The number of carbonyl (C=O) groups is 1. The number of nitrogens with zero attached hydrogens (tertiary/aromatic N) is 4. The van der Waals surface area contributed by atoms with Gasteiger partial charge in [0.2, 0.25) is 0 Å². The lowest BCUT2D eigenvalue weighted by Crippen LogP contribution is -2.26. The summed E-state index contributed by atoms with van der Waals surface area (Å²) in [5.74, 6) is -0.427. The van der Waals surface area contributed by atoms with Crippen LogP contribution in [0, 0.1) is 13.8 Å². The van der Waals surface area contributed by atoms with Crippen LogP contribution in [-0.2, 0) is 6.54 Å². The average Bonchev–Trinajstić information content (AvgIpc) is 3.44. The van der Waals surface area contributed by atoms with Crippen LogP contribution in [0.15, 0.2) is 83.5 Å². The van der Waals surface area contributed by atoms with Gasteiger partial charge in [-0.1, -0.05) is 42.5 Å². The normalized spacial score (nSPS) is 11.0. The van der Waals surface area contributed by atoms with E-state index in [9.17, 15) is 9.59 Å². The highest BCUT2D eigenvalue weighted by Gasteiger charge is 2.19. The van der Waals surface area contributed by atoms with E-state index < -0.39 is 5.91 Å². The Bertz CT molecular complexity index is 1630. The van der Waals surface area contributed by atoms with Crippen molar-refractivity contribution in [3.63, 3.8) is 0 Å². The molecule has 1 amide bonds. The van der Waals surface area contributed by atoms with E-state index >= 15 is 0 Å². The maximum absolute atomic E-state index is 13.3. The Labute approximate surface area is 206 Å². The maximum atomic E-state index is 13.3. The third kappa shape index (κ3) is 4.08. The minimum Gasteiger partial charge on any atom is -0.345 e. The molecule has 0 aliphatic rings. The van der Waals surface area contributed by atoms with E-state index in [-0.39, 0.29) is 11.3 Å². The van der Waals surface area contributed by atoms with Crippen molar-refractivity contribution >= 4 is 33.1 Å². The van der Waals surface area contributed by atoms with Crippen LogP contribution in [0.4, 0.5) is 5.13 Å². The summed E-state index contributed by atoms with van der Waals surface area (Å²) in [4.78, 5) is 31.1. The number of para-hydroxylation sites is 1. The lowest BCUT2D eigenvalue weighted by molar-refractivity contribution is 0.102. The summed E-state index contributed by atoms with van der Waals surface area (Å²) in [5.41, 5.74) is 4.48. The number of carbonyl (C=O) groups excluding carboxylic acids is 1. The molecule has 8 heteroatoms. The van der Waals surface area contributed by atoms with E-state index in [1.807, 2.05) is 43.5 Å². The molecule has 5 aromatic rings. The van der Waals surface area contributed by atoms with Gasteiger partial charge in [-0.2, -0.15) is 9.78 Å². The Balaban J connectivity index is 1.51. The quantitative estimate of drug-likeness (QED) is 0.331. The minimum atomic E-state index is -0.427. The number of allylic oxidation sites excluding steroid dienone is 1. The Kier molecular flexibility index (Phi) is 5.88. The fraction of sp³-hybridized carbons (Fsp3) is 0.111. The molecule has 1 N–H and O–H groups in total. The topological polar surface area (TPSA) is 81.8 Å². The SMILES string of the molecule is C=CCn1c(C)cc(-c2csc(NC(=O)c3nn(-c4ccccc4)c(=O)c4ccccc34)n2)c1C. The molecule has 0 atom stereocenters. The third-order valence-corrected chi connectivity index (χ3v) is 6.66. The zero-order chi connectivity index (χ0) is 24.5. The Morgan fingerprint density at radius 1 is 1.09 bits per heavy atom. The summed E-state index contributed by atoms with van der Waals surface area (Å²) in [6.07, 6.45) is 1.86. The summed E-state index contributed by atoms with van der Waals surface area (Å²) in [7, 11) is 0. The standard InChI is InChI=1S/C27H23N5O2S/c1-4-14-31-17(2)15-22(18(31)3)23-16-35-27(28-23)29-25(33)24-20-12-8-9-13-21(20)26(34)32(30-24)19-10-6-5-7-11-19/h4-13,15-16H,1,14H2,2-3H3,(H,28,29,33). The molecule has 0 aliphatic carbocycles. The monoisotopic (exact) mass is 481 g/mol. The molecule has 0 unspecified atom stereocenters. The fourth-order valence-electron chi connectivity index (χ4n) is 4.18. The van der Waals surface area contributed by atoms with Gasteiger partial charge in [0, 0.05) is 34.3 Å². The van der Waals surface area contributed by atoms with Gasteiger partial charge in [0.1, 0.15) is 0 Å². The maximum Gasteiger partial charge on any atom is 0.279 e. The fourth-order valence-corrected chi connectivity index (χ4v) is 4.89. The molecule has 3 heterocycles. The number of rotatable bonds is 6. The van der Waals surface area contributed by atoms with Gasteiger partial charge >= 0.3 is 0 Å². The number of hydrogen-bond acceptors (Lipinski definition) is 5. The number of thiazole rings is 1. The van der Waals surface area contributed by atoms with Gasteiger partial charge in [0.05, 0.1) is 16.8 Å². The van der Waals surface area contributed by atoms with Crippen molar-refractivity contribution in [2.75, 3.05) is 5.32 Å². The van der Waals surface area contributed by atoms with Crippen LogP contribution < -0.4 is 10.9 Å². The van der Waals surface area contributed by atoms with Crippen LogP contribution in [0.25, 0.3) is 27.7 Å². The zero-order valence-corrected chi connectivity index (χ0v) is 20.2. The van der Waals surface area contributed by atoms with E-state index in [0.717, 1.165) is 29.2 Å². The summed E-state index contributed by atoms with van der Waals surface area (Å²) in [6.45, 7) is 8.65. The number of hydrogen-bond donors (Lipinski definition) is 1. The van der Waals surface area contributed by atoms with Gasteiger partial charge in [-0.25, -0.2) is 4.98 Å². The second-order valence-corrected chi connectivity index (χ2v) is 8.98. The van der Waals surface area contributed by atoms with Crippen LogP contribution in [0.1, 0.15) is 21.9 Å². The third-order valence-electron chi connectivity index (χ3n) is 5.91. The first kappa shape index (κ1) is 22.5. The van der Waals surface area contributed by atoms with Crippen molar-refractivity contribution in [2.45, 2.75) is 20.4 Å². The van der Waals surface area contributed by atoms with Crippen molar-refractivity contribution in [1.82, 2.24) is 19.3 Å². The predicted molar refractivity (Wildman–Crippen MR) is 141 cm³/mol. The average molecular weight is 482 g/mol.